The minimum absolute atomic E-state index is 0.00846. The van der Waals surface area contributed by atoms with Gasteiger partial charge in [0.2, 0.25) is 5.91 Å². The standard InChI is InChI=1S/C14H19NO2S/c16-12(11-6-2-1-3-7-11)10-18-13-8-4-5-9-15-14(13)17/h1-3,6-7,12-13,16H,4-5,8-10H2,(H,15,17). The van der Waals surface area contributed by atoms with Crippen LogP contribution < -0.4 is 5.32 Å². The van der Waals surface area contributed by atoms with Crippen molar-refractivity contribution in [1.82, 2.24) is 5.32 Å². The fourth-order valence-corrected chi connectivity index (χ4v) is 3.22. The first-order valence-electron chi connectivity index (χ1n) is 6.39. The van der Waals surface area contributed by atoms with Gasteiger partial charge in [-0.15, -0.1) is 11.8 Å². The lowest BCUT2D eigenvalue weighted by Gasteiger charge is -2.16. The first-order chi connectivity index (χ1) is 8.77. The normalized spacial score (nSPS) is 22.1. The number of aliphatic hydroxyl groups excluding tert-OH is 1. The third-order valence-corrected chi connectivity index (χ3v) is 4.48. The van der Waals surface area contributed by atoms with Crippen molar-refractivity contribution in [2.24, 2.45) is 0 Å². The third-order valence-electron chi connectivity index (χ3n) is 3.12. The molecular formula is C14H19NO2S. The molecule has 18 heavy (non-hydrogen) atoms. The fourth-order valence-electron chi connectivity index (χ4n) is 2.05. The average Bonchev–Trinajstić information content (AvgIpc) is 2.62. The third kappa shape index (κ3) is 3.75. The Morgan fingerprint density at radius 2 is 2.11 bits per heavy atom. The second-order valence-electron chi connectivity index (χ2n) is 4.54. The molecular weight excluding hydrogens is 246 g/mol. The maximum Gasteiger partial charge on any atom is 0.233 e. The molecule has 2 atom stereocenters. The van der Waals surface area contributed by atoms with Crippen molar-refractivity contribution in [3.63, 3.8) is 0 Å². The number of carbonyl (C=O) groups excluding carboxylic acids is 1. The first-order valence-corrected chi connectivity index (χ1v) is 7.44. The molecule has 0 saturated carbocycles. The summed E-state index contributed by atoms with van der Waals surface area (Å²) in [5, 5.41) is 13.0. The van der Waals surface area contributed by atoms with E-state index in [1.165, 1.54) is 0 Å². The molecule has 1 fully saturated rings. The van der Waals surface area contributed by atoms with E-state index in [4.69, 9.17) is 0 Å². The summed E-state index contributed by atoms with van der Waals surface area (Å²) in [5.74, 6) is 0.694. The zero-order valence-corrected chi connectivity index (χ0v) is 11.2. The number of carbonyl (C=O) groups is 1. The van der Waals surface area contributed by atoms with Crippen LogP contribution in [0.3, 0.4) is 0 Å². The van der Waals surface area contributed by atoms with Gasteiger partial charge in [-0.2, -0.15) is 0 Å². The average molecular weight is 265 g/mol. The highest BCUT2D eigenvalue weighted by Crippen LogP contribution is 2.25. The summed E-state index contributed by atoms with van der Waals surface area (Å²) in [6.45, 7) is 0.789. The van der Waals surface area contributed by atoms with Crippen molar-refractivity contribution in [2.45, 2.75) is 30.6 Å². The summed E-state index contributed by atoms with van der Waals surface area (Å²) in [6, 6.07) is 9.60. The minimum atomic E-state index is -0.493. The van der Waals surface area contributed by atoms with Crippen molar-refractivity contribution < 1.29 is 9.90 Å². The summed E-state index contributed by atoms with van der Waals surface area (Å²) in [4.78, 5) is 11.7. The highest BCUT2D eigenvalue weighted by atomic mass is 32.2. The molecule has 1 aromatic carbocycles. The van der Waals surface area contributed by atoms with Crippen LogP contribution in [-0.2, 0) is 4.79 Å². The van der Waals surface area contributed by atoms with E-state index >= 15 is 0 Å². The Morgan fingerprint density at radius 3 is 2.89 bits per heavy atom. The van der Waals surface area contributed by atoms with Gasteiger partial charge in [-0.05, 0) is 18.4 Å². The number of nitrogens with one attached hydrogen (secondary N) is 1. The first kappa shape index (κ1) is 13.4. The number of amides is 1. The van der Waals surface area contributed by atoms with E-state index in [1.807, 2.05) is 30.3 Å². The second kappa shape index (κ2) is 6.81. The van der Waals surface area contributed by atoms with E-state index in [1.54, 1.807) is 11.8 Å². The van der Waals surface area contributed by atoms with Crippen LogP contribution >= 0.6 is 11.8 Å². The molecule has 1 heterocycles. The highest BCUT2D eigenvalue weighted by Gasteiger charge is 2.22. The maximum atomic E-state index is 11.7. The van der Waals surface area contributed by atoms with Crippen LogP contribution in [0.15, 0.2) is 30.3 Å². The molecule has 0 spiro atoms. The molecule has 98 valence electrons. The molecule has 2 rings (SSSR count). The van der Waals surface area contributed by atoms with E-state index in [0.29, 0.717) is 5.75 Å². The molecule has 2 unspecified atom stereocenters. The molecule has 1 aromatic rings. The van der Waals surface area contributed by atoms with Crippen molar-refractivity contribution in [1.29, 1.82) is 0 Å². The molecule has 1 aliphatic rings. The Morgan fingerprint density at radius 1 is 1.33 bits per heavy atom. The van der Waals surface area contributed by atoms with E-state index in [9.17, 15) is 9.90 Å². The van der Waals surface area contributed by atoms with E-state index in [-0.39, 0.29) is 11.2 Å². The molecule has 0 aliphatic carbocycles. The van der Waals surface area contributed by atoms with Gasteiger partial charge in [0, 0.05) is 12.3 Å². The lowest BCUT2D eigenvalue weighted by atomic mass is 10.1. The van der Waals surface area contributed by atoms with Crippen molar-refractivity contribution in [2.75, 3.05) is 12.3 Å². The Kier molecular flexibility index (Phi) is 5.08. The highest BCUT2D eigenvalue weighted by molar-refractivity contribution is 8.00. The van der Waals surface area contributed by atoms with Crippen LogP contribution in [0.2, 0.25) is 0 Å². The maximum absolute atomic E-state index is 11.7. The molecule has 3 nitrogen and oxygen atoms in total. The molecule has 0 aromatic heterocycles. The lowest BCUT2D eigenvalue weighted by Crippen LogP contribution is -2.31. The smallest absolute Gasteiger partial charge is 0.233 e. The van der Waals surface area contributed by atoms with Gasteiger partial charge in [0.1, 0.15) is 0 Å². The van der Waals surface area contributed by atoms with Crippen LogP contribution in [0.25, 0.3) is 0 Å². The number of thioether (sulfide) groups is 1. The van der Waals surface area contributed by atoms with Gasteiger partial charge in [-0.25, -0.2) is 0 Å². The Hall–Kier alpha value is -1.00. The van der Waals surface area contributed by atoms with Crippen molar-refractivity contribution in [3.05, 3.63) is 35.9 Å². The largest absolute Gasteiger partial charge is 0.388 e. The molecule has 2 N–H and O–H groups in total. The summed E-state index contributed by atoms with van der Waals surface area (Å²) in [5.41, 5.74) is 0.916. The van der Waals surface area contributed by atoms with Gasteiger partial charge in [-0.1, -0.05) is 36.8 Å². The number of rotatable bonds is 4. The molecule has 1 saturated heterocycles. The van der Waals surface area contributed by atoms with E-state index in [2.05, 4.69) is 5.32 Å². The monoisotopic (exact) mass is 265 g/mol. The Labute approximate surface area is 112 Å². The van der Waals surface area contributed by atoms with Gasteiger partial charge in [0.15, 0.2) is 0 Å². The van der Waals surface area contributed by atoms with Gasteiger partial charge < -0.3 is 10.4 Å². The van der Waals surface area contributed by atoms with Crippen LogP contribution in [0.5, 0.6) is 0 Å². The lowest BCUT2D eigenvalue weighted by molar-refractivity contribution is -0.120. The van der Waals surface area contributed by atoms with E-state index < -0.39 is 6.10 Å². The predicted octanol–water partition coefficient (Wildman–Crippen LogP) is 2.12. The summed E-state index contributed by atoms with van der Waals surface area (Å²) < 4.78 is 0. The number of aliphatic hydroxyl groups is 1. The molecule has 0 radical (unpaired) electrons. The van der Waals surface area contributed by atoms with Crippen LogP contribution in [-0.4, -0.2) is 28.6 Å². The Bertz CT molecular complexity index is 383. The van der Waals surface area contributed by atoms with Gasteiger partial charge >= 0.3 is 0 Å². The number of hydrogen-bond acceptors (Lipinski definition) is 3. The van der Waals surface area contributed by atoms with Gasteiger partial charge in [0.05, 0.1) is 11.4 Å². The quantitative estimate of drug-likeness (QED) is 0.876. The molecule has 4 heteroatoms. The Balaban J connectivity index is 1.85. The summed E-state index contributed by atoms with van der Waals surface area (Å²) in [6.07, 6.45) is 2.56. The topological polar surface area (TPSA) is 49.3 Å². The second-order valence-corrected chi connectivity index (χ2v) is 5.77. The van der Waals surface area contributed by atoms with Gasteiger partial charge in [-0.3, -0.25) is 4.79 Å². The van der Waals surface area contributed by atoms with Crippen LogP contribution in [0.4, 0.5) is 0 Å². The SMILES string of the molecule is O=C1NCCCCC1SCC(O)c1ccccc1. The van der Waals surface area contributed by atoms with Crippen molar-refractivity contribution >= 4 is 17.7 Å². The summed E-state index contributed by atoms with van der Waals surface area (Å²) >= 11 is 1.56. The predicted molar refractivity (Wildman–Crippen MR) is 74.5 cm³/mol. The van der Waals surface area contributed by atoms with Crippen LogP contribution in [0, 0.1) is 0 Å². The minimum Gasteiger partial charge on any atom is -0.388 e. The fraction of sp³-hybridized carbons (Fsp3) is 0.500. The number of hydrogen-bond donors (Lipinski definition) is 2. The molecule has 1 amide bonds. The summed E-state index contributed by atoms with van der Waals surface area (Å²) in [7, 11) is 0. The molecule has 1 aliphatic heterocycles. The van der Waals surface area contributed by atoms with E-state index in [0.717, 1.165) is 31.4 Å². The van der Waals surface area contributed by atoms with Crippen molar-refractivity contribution in [3.8, 4) is 0 Å². The van der Waals surface area contributed by atoms with Crippen LogP contribution in [0.1, 0.15) is 30.9 Å². The zero-order valence-electron chi connectivity index (χ0n) is 10.3. The molecule has 0 bridgehead atoms. The number of benzene rings is 1. The zero-order chi connectivity index (χ0) is 12.8. The van der Waals surface area contributed by atoms with Gasteiger partial charge in [0.25, 0.3) is 0 Å².